The third kappa shape index (κ3) is 3.26. The summed E-state index contributed by atoms with van der Waals surface area (Å²) in [5, 5.41) is 5.58. The molecule has 0 bridgehead atoms. The standard InChI is InChI=1S/C20H20N2O4/c1-4-5-12-8-14(9-17(25-2)18(12)26-3)19(23)22-15-7-6-13-11-21-20(24)16(13)10-15/h4,6-10H,1,5,11H2,2-3H3,(H,21,24)(H,22,23). The Hall–Kier alpha value is -3.28. The number of rotatable bonds is 6. The molecule has 6 heteroatoms. The summed E-state index contributed by atoms with van der Waals surface area (Å²) in [5.41, 5.74) is 3.31. The second-order valence-electron chi connectivity index (χ2n) is 5.87. The van der Waals surface area contributed by atoms with Gasteiger partial charge in [-0.3, -0.25) is 9.59 Å². The normalized spacial score (nSPS) is 12.2. The number of methoxy groups -OCH3 is 2. The van der Waals surface area contributed by atoms with Crippen LogP contribution < -0.4 is 20.1 Å². The molecule has 2 amide bonds. The molecule has 6 nitrogen and oxygen atoms in total. The van der Waals surface area contributed by atoms with Crippen molar-refractivity contribution in [3.63, 3.8) is 0 Å². The number of amides is 2. The Morgan fingerprint density at radius 3 is 2.77 bits per heavy atom. The van der Waals surface area contributed by atoms with Crippen LogP contribution >= 0.6 is 0 Å². The van der Waals surface area contributed by atoms with Crippen LogP contribution in [-0.2, 0) is 13.0 Å². The lowest BCUT2D eigenvalue weighted by Crippen LogP contribution is -2.14. The van der Waals surface area contributed by atoms with Crippen molar-refractivity contribution >= 4 is 17.5 Å². The highest BCUT2D eigenvalue weighted by Gasteiger charge is 2.20. The minimum atomic E-state index is -0.297. The molecule has 0 saturated carbocycles. The number of nitrogens with one attached hydrogen (secondary N) is 2. The Morgan fingerprint density at radius 2 is 2.08 bits per heavy atom. The number of benzene rings is 2. The van der Waals surface area contributed by atoms with Gasteiger partial charge in [-0.1, -0.05) is 12.1 Å². The Kier molecular flexibility index (Phi) is 4.93. The predicted molar refractivity (Wildman–Crippen MR) is 99.0 cm³/mol. The second kappa shape index (κ2) is 7.31. The van der Waals surface area contributed by atoms with Crippen LogP contribution in [0.1, 0.15) is 31.8 Å². The Labute approximate surface area is 151 Å². The van der Waals surface area contributed by atoms with Crippen molar-refractivity contribution in [3.8, 4) is 11.5 Å². The minimum absolute atomic E-state index is 0.129. The largest absolute Gasteiger partial charge is 0.493 e. The van der Waals surface area contributed by atoms with E-state index in [9.17, 15) is 9.59 Å². The number of carbonyl (C=O) groups excluding carboxylic acids is 2. The summed E-state index contributed by atoms with van der Waals surface area (Å²) >= 11 is 0. The zero-order chi connectivity index (χ0) is 18.7. The summed E-state index contributed by atoms with van der Waals surface area (Å²) < 4.78 is 10.7. The third-order valence-electron chi connectivity index (χ3n) is 4.23. The summed E-state index contributed by atoms with van der Waals surface area (Å²) in [7, 11) is 3.08. The second-order valence-corrected chi connectivity index (χ2v) is 5.87. The monoisotopic (exact) mass is 352 g/mol. The van der Waals surface area contributed by atoms with E-state index in [1.54, 1.807) is 37.5 Å². The molecule has 2 N–H and O–H groups in total. The zero-order valence-corrected chi connectivity index (χ0v) is 14.7. The summed E-state index contributed by atoms with van der Waals surface area (Å²) in [5.74, 6) is 0.633. The lowest BCUT2D eigenvalue weighted by atomic mass is 10.0. The number of carbonyl (C=O) groups is 2. The maximum atomic E-state index is 12.7. The van der Waals surface area contributed by atoms with E-state index >= 15 is 0 Å². The Morgan fingerprint density at radius 1 is 1.27 bits per heavy atom. The first kappa shape index (κ1) is 17.5. The van der Waals surface area contributed by atoms with Crippen LogP contribution in [-0.4, -0.2) is 26.0 Å². The fourth-order valence-electron chi connectivity index (χ4n) is 2.98. The SMILES string of the molecule is C=CCc1cc(C(=O)Nc2ccc3c(c2)C(=O)NC3)cc(OC)c1OC. The molecule has 0 aromatic heterocycles. The van der Waals surface area contributed by atoms with E-state index in [1.165, 1.54) is 7.11 Å². The van der Waals surface area contributed by atoms with Gasteiger partial charge in [0.2, 0.25) is 0 Å². The number of allylic oxidation sites excluding steroid dienone is 1. The van der Waals surface area contributed by atoms with Gasteiger partial charge in [0.15, 0.2) is 11.5 Å². The summed E-state index contributed by atoms with van der Waals surface area (Å²) in [6.45, 7) is 4.25. The molecule has 1 aliphatic heterocycles. The fourth-order valence-corrected chi connectivity index (χ4v) is 2.98. The summed E-state index contributed by atoms with van der Waals surface area (Å²) in [6, 6.07) is 8.67. The molecule has 0 saturated heterocycles. The van der Waals surface area contributed by atoms with Crippen LogP contribution in [0.25, 0.3) is 0 Å². The molecular formula is C20H20N2O4. The van der Waals surface area contributed by atoms with E-state index < -0.39 is 0 Å². The highest BCUT2D eigenvalue weighted by atomic mass is 16.5. The summed E-state index contributed by atoms with van der Waals surface area (Å²) in [6.07, 6.45) is 2.28. The van der Waals surface area contributed by atoms with Gasteiger partial charge in [0.25, 0.3) is 11.8 Å². The Balaban J connectivity index is 1.90. The highest BCUT2D eigenvalue weighted by Crippen LogP contribution is 2.33. The van der Waals surface area contributed by atoms with Gasteiger partial charge in [-0.05, 0) is 36.2 Å². The smallest absolute Gasteiger partial charge is 0.255 e. The molecular weight excluding hydrogens is 332 g/mol. The van der Waals surface area contributed by atoms with E-state index in [0.29, 0.717) is 41.3 Å². The number of hydrogen-bond acceptors (Lipinski definition) is 4. The van der Waals surface area contributed by atoms with E-state index in [1.807, 2.05) is 6.07 Å². The molecule has 3 rings (SSSR count). The van der Waals surface area contributed by atoms with E-state index in [-0.39, 0.29) is 11.8 Å². The summed E-state index contributed by atoms with van der Waals surface area (Å²) in [4.78, 5) is 24.5. The highest BCUT2D eigenvalue weighted by molar-refractivity contribution is 6.06. The Bertz CT molecular complexity index is 890. The fraction of sp³-hybridized carbons (Fsp3) is 0.200. The maximum absolute atomic E-state index is 12.7. The molecule has 0 unspecified atom stereocenters. The van der Waals surface area contributed by atoms with Gasteiger partial charge in [0.1, 0.15) is 0 Å². The van der Waals surface area contributed by atoms with Crippen LogP contribution in [0.5, 0.6) is 11.5 Å². The first-order valence-electron chi connectivity index (χ1n) is 8.15. The molecule has 0 atom stereocenters. The number of anilines is 1. The van der Waals surface area contributed by atoms with Crippen LogP contribution in [0.3, 0.4) is 0 Å². The number of hydrogen-bond donors (Lipinski definition) is 2. The van der Waals surface area contributed by atoms with E-state index in [2.05, 4.69) is 17.2 Å². The van der Waals surface area contributed by atoms with Crippen LogP contribution in [0.2, 0.25) is 0 Å². The first-order chi connectivity index (χ1) is 12.6. The maximum Gasteiger partial charge on any atom is 0.255 e. The van der Waals surface area contributed by atoms with Crippen molar-refractivity contribution in [3.05, 3.63) is 65.2 Å². The molecule has 2 aromatic carbocycles. The molecule has 2 aromatic rings. The minimum Gasteiger partial charge on any atom is -0.493 e. The predicted octanol–water partition coefficient (Wildman–Crippen LogP) is 2.93. The van der Waals surface area contributed by atoms with E-state index in [0.717, 1.165) is 11.1 Å². The quantitative estimate of drug-likeness (QED) is 0.784. The van der Waals surface area contributed by atoms with Crippen molar-refractivity contribution in [2.24, 2.45) is 0 Å². The molecule has 26 heavy (non-hydrogen) atoms. The lowest BCUT2D eigenvalue weighted by molar-refractivity contribution is 0.0964. The van der Waals surface area contributed by atoms with Crippen molar-refractivity contribution in [2.45, 2.75) is 13.0 Å². The van der Waals surface area contributed by atoms with Gasteiger partial charge in [-0.25, -0.2) is 0 Å². The molecule has 1 aliphatic rings. The van der Waals surface area contributed by atoms with Crippen LogP contribution in [0.4, 0.5) is 5.69 Å². The van der Waals surface area contributed by atoms with Crippen LogP contribution in [0, 0.1) is 0 Å². The van der Waals surface area contributed by atoms with Gasteiger partial charge in [0, 0.05) is 28.9 Å². The van der Waals surface area contributed by atoms with Gasteiger partial charge in [0.05, 0.1) is 14.2 Å². The van der Waals surface area contributed by atoms with E-state index in [4.69, 9.17) is 9.47 Å². The third-order valence-corrected chi connectivity index (χ3v) is 4.23. The lowest BCUT2D eigenvalue weighted by Gasteiger charge is -2.14. The molecule has 0 spiro atoms. The number of ether oxygens (including phenoxy) is 2. The van der Waals surface area contributed by atoms with Crippen molar-refractivity contribution < 1.29 is 19.1 Å². The van der Waals surface area contributed by atoms with Gasteiger partial charge in [-0.15, -0.1) is 6.58 Å². The molecule has 0 aliphatic carbocycles. The zero-order valence-electron chi connectivity index (χ0n) is 14.7. The topological polar surface area (TPSA) is 76.7 Å². The molecule has 0 fully saturated rings. The van der Waals surface area contributed by atoms with Gasteiger partial charge < -0.3 is 20.1 Å². The first-order valence-corrected chi connectivity index (χ1v) is 8.15. The molecule has 1 heterocycles. The average Bonchev–Trinajstić information content (AvgIpc) is 3.01. The van der Waals surface area contributed by atoms with Crippen molar-refractivity contribution in [2.75, 3.05) is 19.5 Å². The van der Waals surface area contributed by atoms with Crippen molar-refractivity contribution in [1.29, 1.82) is 0 Å². The molecule has 134 valence electrons. The average molecular weight is 352 g/mol. The van der Waals surface area contributed by atoms with Crippen molar-refractivity contribution in [1.82, 2.24) is 5.32 Å². The number of fused-ring (bicyclic) bond motifs is 1. The molecule has 0 radical (unpaired) electrons. The van der Waals surface area contributed by atoms with Gasteiger partial charge in [-0.2, -0.15) is 0 Å². The van der Waals surface area contributed by atoms with Crippen LogP contribution in [0.15, 0.2) is 43.0 Å². The van der Waals surface area contributed by atoms with Gasteiger partial charge >= 0.3 is 0 Å².